The second-order valence-electron chi connectivity index (χ2n) is 8.82. The number of aliphatic hydroxyl groups is 1. The zero-order valence-electron chi connectivity index (χ0n) is 19.6. The highest BCUT2D eigenvalue weighted by atomic mass is 19.1. The highest BCUT2D eigenvalue weighted by Gasteiger charge is 2.20. The predicted octanol–water partition coefficient (Wildman–Crippen LogP) is 4.15. The molecule has 0 bridgehead atoms. The number of nitrogens with zero attached hydrogens (tertiary/aromatic N) is 4. The van der Waals surface area contributed by atoms with Crippen molar-refractivity contribution in [2.24, 2.45) is 0 Å². The van der Waals surface area contributed by atoms with Crippen LogP contribution in [0.1, 0.15) is 36.1 Å². The molecule has 0 spiro atoms. The lowest BCUT2D eigenvalue weighted by Crippen LogP contribution is -2.20. The van der Waals surface area contributed by atoms with Gasteiger partial charge in [0, 0.05) is 23.4 Å². The van der Waals surface area contributed by atoms with E-state index in [1.54, 1.807) is 51.2 Å². The third kappa shape index (κ3) is 4.81. The number of pyridine rings is 1. The third-order valence-corrected chi connectivity index (χ3v) is 5.83. The lowest BCUT2D eigenvalue weighted by atomic mass is 9.96. The lowest BCUT2D eigenvalue weighted by Gasteiger charge is -2.18. The minimum Gasteiger partial charge on any atom is -0.386 e. The van der Waals surface area contributed by atoms with Gasteiger partial charge in [0.2, 0.25) is 5.95 Å². The number of nitrogens with two attached hydrogens (primary N) is 1. The van der Waals surface area contributed by atoms with E-state index in [2.05, 4.69) is 16.0 Å². The fourth-order valence-electron chi connectivity index (χ4n) is 3.88. The van der Waals surface area contributed by atoms with Crippen LogP contribution in [0.15, 0.2) is 65.6 Å². The van der Waals surface area contributed by atoms with Crippen LogP contribution >= 0.6 is 0 Å². The molecule has 0 aliphatic rings. The molecule has 0 radical (unpaired) electrons. The number of rotatable bonds is 5. The van der Waals surface area contributed by atoms with Crippen LogP contribution in [0, 0.1) is 24.1 Å². The summed E-state index contributed by atoms with van der Waals surface area (Å²) in [6.45, 7) is 5.38. The number of anilines is 1. The van der Waals surface area contributed by atoms with E-state index in [1.165, 1.54) is 10.6 Å². The molecule has 0 fully saturated rings. The van der Waals surface area contributed by atoms with Gasteiger partial charge < -0.3 is 15.4 Å². The Kier molecular flexibility index (Phi) is 6.20. The first-order valence-corrected chi connectivity index (χ1v) is 10.9. The van der Waals surface area contributed by atoms with Crippen molar-refractivity contribution >= 4 is 5.95 Å². The Hall–Kier alpha value is -4.35. The number of aromatic nitrogens is 3. The molecule has 0 aliphatic heterocycles. The van der Waals surface area contributed by atoms with Crippen LogP contribution < -0.4 is 11.3 Å². The van der Waals surface area contributed by atoms with Gasteiger partial charge in [-0.2, -0.15) is 5.26 Å². The summed E-state index contributed by atoms with van der Waals surface area (Å²) < 4.78 is 17.1. The first-order valence-electron chi connectivity index (χ1n) is 10.9. The van der Waals surface area contributed by atoms with Crippen LogP contribution in [0.2, 0.25) is 0 Å². The molecule has 0 saturated heterocycles. The van der Waals surface area contributed by atoms with E-state index >= 15 is 4.39 Å². The van der Waals surface area contributed by atoms with Crippen molar-refractivity contribution in [2.45, 2.75) is 32.9 Å². The molecule has 2 aromatic heterocycles. The number of hydrogen-bond donors (Lipinski definition) is 2. The Bertz CT molecular complexity index is 1530. The maximum Gasteiger partial charge on any atom is 0.251 e. The van der Waals surface area contributed by atoms with Gasteiger partial charge in [-0.1, -0.05) is 36.4 Å². The standard InChI is InChI=1S/C27H24FN5O2/c1-16-19(14-29)7-5-9-21(16)25-23(28)24(31-26(30)32-25)18-10-11-33(22(34)13-18)15-17-6-4-8-20(12-17)27(2,3)35/h4-13,35H,15H2,1-3H3,(H2,30,31,32). The first-order chi connectivity index (χ1) is 16.6. The van der Waals surface area contributed by atoms with Gasteiger partial charge in [-0.15, -0.1) is 0 Å². The van der Waals surface area contributed by atoms with Crippen molar-refractivity contribution in [1.82, 2.24) is 14.5 Å². The van der Waals surface area contributed by atoms with Gasteiger partial charge in [0.25, 0.3) is 5.56 Å². The van der Waals surface area contributed by atoms with Crippen LogP contribution in [0.4, 0.5) is 10.3 Å². The molecule has 4 rings (SSSR count). The summed E-state index contributed by atoms with van der Waals surface area (Å²) in [4.78, 5) is 21.0. The Balaban J connectivity index is 1.73. The average Bonchev–Trinajstić information content (AvgIpc) is 2.81. The van der Waals surface area contributed by atoms with Crippen LogP contribution in [-0.4, -0.2) is 19.6 Å². The molecule has 7 nitrogen and oxygen atoms in total. The van der Waals surface area contributed by atoms with Crippen LogP contribution in [0.5, 0.6) is 0 Å². The minimum absolute atomic E-state index is 0.0327. The van der Waals surface area contributed by atoms with E-state index in [9.17, 15) is 15.2 Å². The van der Waals surface area contributed by atoms with Crippen molar-refractivity contribution in [3.8, 4) is 28.6 Å². The van der Waals surface area contributed by atoms with Gasteiger partial charge in [0.05, 0.1) is 23.8 Å². The minimum atomic E-state index is -1.00. The molecule has 0 saturated carbocycles. The number of halogens is 1. The summed E-state index contributed by atoms with van der Waals surface area (Å²) in [6.07, 6.45) is 1.56. The van der Waals surface area contributed by atoms with Gasteiger partial charge in [-0.25, -0.2) is 14.4 Å². The lowest BCUT2D eigenvalue weighted by molar-refractivity contribution is 0.0785. The Morgan fingerprint density at radius 2 is 1.83 bits per heavy atom. The zero-order valence-corrected chi connectivity index (χ0v) is 19.6. The van der Waals surface area contributed by atoms with E-state index in [4.69, 9.17) is 5.73 Å². The van der Waals surface area contributed by atoms with Gasteiger partial charge in [-0.3, -0.25) is 4.79 Å². The van der Waals surface area contributed by atoms with Crippen LogP contribution in [-0.2, 0) is 12.1 Å². The normalized spacial score (nSPS) is 11.3. The van der Waals surface area contributed by atoms with Crippen molar-refractivity contribution in [2.75, 3.05) is 5.73 Å². The molecule has 2 aromatic carbocycles. The molecule has 0 amide bonds. The van der Waals surface area contributed by atoms with E-state index in [-0.39, 0.29) is 35.0 Å². The SMILES string of the molecule is Cc1c(C#N)cccc1-c1nc(N)nc(-c2ccn(Cc3cccc(C(C)(C)O)c3)c(=O)c2)c1F. The largest absolute Gasteiger partial charge is 0.386 e. The zero-order chi connectivity index (χ0) is 25.3. The summed E-state index contributed by atoms with van der Waals surface area (Å²) in [7, 11) is 0. The van der Waals surface area contributed by atoms with Gasteiger partial charge >= 0.3 is 0 Å². The predicted molar refractivity (Wildman–Crippen MR) is 132 cm³/mol. The molecule has 0 atom stereocenters. The fourth-order valence-corrected chi connectivity index (χ4v) is 3.88. The molecule has 8 heteroatoms. The summed E-state index contributed by atoms with van der Waals surface area (Å²) in [5.41, 5.74) is 7.64. The van der Waals surface area contributed by atoms with Gasteiger partial charge in [0.1, 0.15) is 11.4 Å². The molecular formula is C27H24FN5O2. The van der Waals surface area contributed by atoms with E-state index in [1.807, 2.05) is 24.3 Å². The highest BCUT2D eigenvalue weighted by Crippen LogP contribution is 2.31. The second kappa shape index (κ2) is 9.12. The summed E-state index contributed by atoms with van der Waals surface area (Å²) >= 11 is 0. The van der Waals surface area contributed by atoms with Crippen molar-refractivity contribution in [3.05, 3.63) is 99.2 Å². The molecule has 4 aromatic rings. The van der Waals surface area contributed by atoms with E-state index < -0.39 is 11.4 Å². The number of nitrogen functional groups attached to an aromatic ring is 1. The fraction of sp³-hybridized carbons (Fsp3) is 0.185. The van der Waals surface area contributed by atoms with Gasteiger partial charge in [-0.05, 0) is 49.6 Å². The first kappa shape index (κ1) is 23.8. The molecule has 35 heavy (non-hydrogen) atoms. The quantitative estimate of drug-likeness (QED) is 0.453. The van der Waals surface area contributed by atoms with E-state index in [0.717, 1.165) is 11.1 Å². The van der Waals surface area contributed by atoms with Crippen LogP contribution in [0.3, 0.4) is 0 Å². The van der Waals surface area contributed by atoms with Crippen molar-refractivity contribution in [3.63, 3.8) is 0 Å². The number of hydrogen-bond acceptors (Lipinski definition) is 6. The second-order valence-corrected chi connectivity index (χ2v) is 8.82. The Morgan fingerprint density at radius 1 is 1.11 bits per heavy atom. The summed E-state index contributed by atoms with van der Waals surface area (Å²) in [5.74, 6) is -0.877. The smallest absolute Gasteiger partial charge is 0.251 e. The topological polar surface area (TPSA) is 118 Å². The Labute approximate surface area is 202 Å². The highest BCUT2D eigenvalue weighted by molar-refractivity contribution is 5.73. The molecule has 2 heterocycles. The Morgan fingerprint density at radius 3 is 2.51 bits per heavy atom. The van der Waals surface area contributed by atoms with Crippen molar-refractivity contribution < 1.29 is 9.50 Å². The monoisotopic (exact) mass is 469 g/mol. The van der Waals surface area contributed by atoms with Crippen molar-refractivity contribution in [1.29, 1.82) is 5.26 Å². The molecule has 0 aliphatic carbocycles. The molecule has 0 unspecified atom stereocenters. The summed E-state index contributed by atoms with van der Waals surface area (Å²) in [5, 5.41) is 19.6. The number of benzene rings is 2. The van der Waals surface area contributed by atoms with Crippen LogP contribution in [0.25, 0.3) is 22.5 Å². The van der Waals surface area contributed by atoms with Gasteiger partial charge in [0.15, 0.2) is 5.82 Å². The third-order valence-electron chi connectivity index (χ3n) is 5.83. The summed E-state index contributed by atoms with van der Waals surface area (Å²) in [6, 6.07) is 17.3. The number of nitriles is 1. The average molecular weight is 470 g/mol. The molecular weight excluding hydrogens is 445 g/mol. The molecule has 3 N–H and O–H groups in total. The molecule has 176 valence electrons. The van der Waals surface area contributed by atoms with E-state index in [0.29, 0.717) is 16.7 Å². The maximum atomic E-state index is 15.6. The maximum absolute atomic E-state index is 15.6.